The number of nitrogens with one attached hydrogen (secondary N) is 3. The van der Waals surface area contributed by atoms with Crippen molar-refractivity contribution in [3.63, 3.8) is 0 Å². The molecule has 1 aliphatic rings. The van der Waals surface area contributed by atoms with E-state index in [4.69, 9.17) is 4.74 Å². The SMILES string of the molecule is CN1CCCNc2ncnc3[nH]c(O)c(c23)C=Nc2ccc(NC(=O)c3ccccc3)c(c2)OCCCC1=O. The molecule has 3 heterocycles. The number of amides is 2. The molecule has 0 unspecified atom stereocenters. The highest BCUT2D eigenvalue weighted by Gasteiger charge is 2.17. The Morgan fingerprint density at radius 3 is 2.82 bits per heavy atom. The molecule has 11 heteroatoms. The van der Waals surface area contributed by atoms with Gasteiger partial charge in [-0.05, 0) is 37.1 Å². The summed E-state index contributed by atoms with van der Waals surface area (Å²) >= 11 is 0. The Bertz CT molecular complexity index is 1520. The molecule has 0 radical (unpaired) electrons. The lowest BCUT2D eigenvalue weighted by atomic mass is 10.2. The van der Waals surface area contributed by atoms with Crippen molar-refractivity contribution >= 4 is 46.3 Å². The highest BCUT2D eigenvalue weighted by Crippen LogP contribution is 2.33. The van der Waals surface area contributed by atoms with Crippen LogP contribution in [0.1, 0.15) is 35.2 Å². The first-order valence-corrected chi connectivity index (χ1v) is 12.7. The van der Waals surface area contributed by atoms with E-state index < -0.39 is 0 Å². The van der Waals surface area contributed by atoms with Gasteiger partial charge in [-0.2, -0.15) is 0 Å². The van der Waals surface area contributed by atoms with Crippen LogP contribution >= 0.6 is 0 Å². The molecule has 0 saturated heterocycles. The molecule has 11 nitrogen and oxygen atoms in total. The van der Waals surface area contributed by atoms with Crippen LogP contribution in [0.3, 0.4) is 0 Å². The lowest BCUT2D eigenvalue weighted by Gasteiger charge is -2.18. The molecule has 39 heavy (non-hydrogen) atoms. The van der Waals surface area contributed by atoms with Crippen molar-refractivity contribution in [1.82, 2.24) is 19.9 Å². The van der Waals surface area contributed by atoms with E-state index >= 15 is 0 Å². The van der Waals surface area contributed by atoms with Gasteiger partial charge in [0, 0.05) is 44.4 Å². The summed E-state index contributed by atoms with van der Waals surface area (Å²) < 4.78 is 6.02. The Balaban J connectivity index is 1.49. The summed E-state index contributed by atoms with van der Waals surface area (Å²) in [6.45, 7) is 1.44. The number of benzene rings is 2. The van der Waals surface area contributed by atoms with E-state index in [0.29, 0.717) is 77.5 Å². The number of aliphatic imine (C=N–C) groups is 1. The van der Waals surface area contributed by atoms with E-state index in [1.807, 2.05) is 6.07 Å². The molecule has 1 aliphatic heterocycles. The number of H-pyrrole nitrogens is 1. The molecule has 200 valence electrons. The number of anilines is 2. The molecule has 2 bridgehead atoms. The second-order valence-corrected chi connectivity index (χ2v) is 9.14. The molecule has 0 fully saturated rings. The van der Waals surface area contributed by atoms with Gasteiger partial charge in [0.15, 0.2) is 5.88 Å². The fraction of sp³-hybridized carbons (Fsp3) is 0.250. The first-order valence-electron chi connectivity index (χ1n) is 12.7. The number of rotatable bonds is 2. The minimum absolute atomic E-state index is 0.0259. The van der Waals surface area contributed by atoms with Crippen molar-refractivity contribution in [2.45, 2.75) is 19.3 Å². The average molecular weight is 528 g/mol. The maximum absolute atomic E-state index is 12.8. The molecule has 4 N–H and O–H groups in total. The summed E-state index contributed by atoms with van der Waals surface area (Å²) in [6, 6.07) is 14.0. The van der Waals surface area contributed by atoms with E-state index in [-0.39, 0.29) is 24.3 Å². The predicted octanol–water partition coefficient (Wildman–Crippen LogP) is 4.10. The van der Waals surface area contributed by atoms with Crippen molar-refractivity contribution < 1.29 is 19.4 Å². The predicted molar refractivity (Wildman–Crippen MR) is 149 cm³/mol. The largest absolute Gasteiger partial charge is 0.494 e. The summed E-state index contributed by atoms with van der Waals surface area (Å²) in [5.41, 5.74) is 2.44. The summed E-state index contributed by atoms with van der Waals surface area (Å²) in [6.07, 6.45) is 4.51. The highest BCUT2D eigenvalue weighted by molar-refractivity contribution is 6.07. The maximum atomic E-state index is 12.8. The highest BCUT2D eigenvalue weighted by atomic mass is 16.5. The molecule has 4 aromatic rings. The molecule has 0 spiro atoms. The standard InChI is InChI=1S/C28H29N7O4/c1-35-13-6-12-29-25-24-20(28(38)34-26(24)32-17-31-25)16-30-19-10-11-21(22(15-19)39-14-5-9-23(35)36)33-27(37)18-7-3-2-4-8-18/h2-4,7-8,10-11,15-17,38H,5-6,9,12-14H2,1H3,(H,33,37)(H2,29,31,32,34). The number of carbonyl (C=O) groups excluding carboxylic acids is 2. The smallest absolute Gasteiger partial charge is 0.255 e. The Kier molecular flexibility index (Phi) is 7.67. The summed E-state index contributed by atoms with van der Waals surface area (Å²) in [7, 11) is 1.78. The number of aromatic amines is 1. The maximum Gasteiger partial charge on any atom is 0.255 e. The summed E-state index contributed by atoms with van der Waals surface area (Å²) in [5, 5.41) is 17.4. The zero-order valence-electron chi connectivity index (χ0n) is 21.5. The van der Waals surface area contributed by atoms with Gasteiger partial charge >= 0.3 is 0 Å². The van der Waals surface area contributed by atoms with Gasteiger partial charge in [-0.25, -0.2) is 9.97 Å². The van der Waals surface area contributed by atoms with Gasteiger partial charge in [-0.3, -0.25) is 14.6 Å². The lowest BCUT2D eigenvalue weighted by molar-refractivity contribution is -0.130. The molecule has 0 aliphatic carbocycles. The van der Waals surface area contributed by atoms with Gasteiger partial charge in [-0.1, -0.05) is 18.2 Å². The van der Waals surface area contributed by atoms with Crippen molar-refractivity contribution in [3.05, 3.63) is 66.0 Å². The molecule has 0 atom stereocenters. The number of nitrogens with zero attached hydrogens (tertiary/aromatic N) is 4. The number of carbonyl (C=O) groups is 2. The van der Waals surface area contributed by atoms with Crippen LogP contribution in [0.25, 0.3) is 11.0 Å². The molecule has 0 saturated carbocycles. The Morgan fingerprint density at radius 2 is 1.97 bits per heavy atom. The van der Waals surface area contributed by atoms with Gasteiger partial charge in [0.1, 0.15) is 23.5 Å². The van der Waals surface area contributed by atoms with Crippen LogP contribution in [0.15, 0.2) is 59.9 Å². The lowest BCUT2D eigenvalue weighted by Crippen LogP contribution is -2.29. The molecule has 2 amide bonds. The van der Waals surface area contributed by atoms with Crippen LogP contribution in [0, 0.1) is 0 Å². The van der Waals surface area contributed by atoms with E-state index in [0.717, 1.165) is 0 Å². The monoisotopic (exact) mass is 527 g/mol. The number of hydrogen-bond donors (Lipinski definition) is 4. The van der Waals surface area contributed by atoms with Crippen LogP contribution in [-0.2, 0) is 4.79 Å². The minimum Gasteiger partial charge on any atom is -0.494 e. The van der Waals surface area contributed by atoms with Gasteiger partial charge < -0.3 is 30.4 Å². The molecule has 2 aromatic carbocycles. The van der Waals surface area contributed by atoms with Crippen LogP contribution in [0.4, 0.5) is 17.2 Å². The van der Waals surface area contributed by atoms with E-state index in [9.17, 15) is 14.7 Å². The van der Waals surface area contributed by atoms with Crippen molar-refractivity contribution in [3.8, 4) is 11.6 Å². The van der Waals surface area contributed by atoms with Crippen LogP contribution in [0.2, 0.25) is 0 Å². The zero-order valence-corrected chi connectivity index (χ0v) is 21.5. The Labute approximate surface area is 225 Å². The minimum atomic E-state index is -0.272. The van der Waals surface area contributed by atoms with Gasteiger partial charge in [0.2, 0.25) is 5.91 Å². The van der Waals surface area contributed by atoms with Crippen LogP contribution in [-0.4, -0.2) is 69.7 Å². The molecule has 2 aromatic heterocycles. The number of ether oxygens (including phenoxy) is 1. The quantitative estimate of drug-likeness (QED) is 0.307. The zero-order chi connectivity index (χ0) is 27.2. The normalized spacial score (nSPS) is 14.7. The molecule has 5 rings (SSSR count). The third kappa shape index (κ3) is 5.98. The number of aromatic nitrogens is 3. The Hall–Kier alpha value is -4.93. The summed E-state index contributed by atoms with van der Waals surface area (Å²) in [5.74, 6) is 0.644. The van der Waals surface area contributed by atoms with Crippen molar-refractivity contribution in [2.75, 3.05) is 37.4 Å². The average Bonchev–Trinajstić information content (AvgIpc) is 3.28. The molecular weight excluding hydrogens is 498 g/mol. The first kappa shape index (κ1) is 25.7. The fourth-order valence-electron chi connectivity index (χ4n) is 4.27. The van der Waals surface area contributed by atoms with E-state index in [1.165, 1.54) is 6.33 Å². The second-order valence-electron chi connectivity index (χ2n) is 9.14. The fourth-order valence-corrected chi connectivity index (χ4v) is 4.27. The van der Waals surface area contributed by atoms with Crippen LogP contribution in [0.5, 0.6) is 11.6 Å². The van der Waals surface area contributed by atoms with E-state index in [1.54, 1.807) is 60.6 Å². The van der Waals surface area contributed by atoms with Crippen molar-refractivity contribution in [1.29, 1.82) is 0 Å². The first-order chi connectivity index (χ1) is 19.0. The van der Waals surface area contributed by atoms with Crippen molar-refractivity contribution in [2.24, 2.45) is 4.99 Å². The number of fused-ring (bicyclic) bond motifs is 2. The number of hydrogen-bond acceptors (Lipinski definition) is 8. The van der Waals surface area contributed by atoms with Gasteiger partial charge in [0.25, 0.3) is 5.91 Å². The van der Waals surface area contributed by atoms with E-state index in [2.05, 4.69) is 30.6 Å². The second kappa shape index (κ2) is 11.6. The van der Waals surface area contributed by atoms with Gasteiger partial charge in [-0.15, -0.1) is 0 Å². The van der Waals surface area contributed by atoms with Gasteiger partial charge in [0.05, 0.1) is 28.9 Å². The van der Waals surface area contributed by atoms with Crippen LogP contribution < -0.4 is 15.4 Å². The third-order valence-electron chi connectivity index (χ3n) is 6.38. The third-order valence-corrected chi connectivity index (χ3v) is 6.38. The Morgan fingerprint density at radius 1 is 1.13 bits per heavy atom. The molecular formula is C28H29N7O4. The number of aromatic hydroxyl groups is 1. The topological polar surface area (TPSA) is 145 Å². The summed E-state index contributed by atoms with van der Waals surface area (Å²) in [4.78, 5) is 43.1.